The lowest BCUT2D eigenvalue weighted by molar-refractivity contribution is -0.0223. The highest BCUT2D eigenvalue weighted by atomic mass is 16.5. The van der Waals surface area contributed by atoms with Crippen LogP contribution in [0, 0.1) is 70.8 Å². The van der Waals surface area contributed by atoms with Crippen molar-refractivity contribution in [2.75, 3.05) is 163 Å². The number of piperidine rings is 6. The first-order valence-corrected chi connectivity index (χ1v) is 40.0. The molecule has 0 aromatic heterocycles. The standard InChI is InChI=1S/C20H31NO3.5C19H29NO3/c1-12(2)6-14-11-21-10-13(3)15-7-19(23-4)20(24-5)8-16(15)17(21)9-18(14)22;5*1-12(2)7-14-11-20-6-5-13-8-18(22-3)19(23-4)9-15(13)16(20)10-17(14)21/h7-8,12-14,17-18,22H,6,9-11H2,1-5H3;5*8-9,12,14,16-17,21H,5-7,10-11H2,1-4H3/i1D3,5D3,6D2,7D,8D,9D2,10D2,11D2,12D,13D,14D,17D,18D,22D;2*1D3,4D3,5D2,6D2,7D2,8D,9D,10D2,11D2,12D,14D,16D,17D;2*1D3,5D2,6D2,7D2,8D,9D,10D2,11D2,12D,14D,16D,17D;4D3,5D2,6D2,8D,9D,10D2,11D2,14D,16D,17D. The van der Waals surface area contributed by atoms with Crippen molar-refractivity contribution in [2.24, 2.45) is 70.8 Å². The Kier molecular flexibility index (Phi) is 11.4. The monoisotopic (exact) mass is 2050 g/mol. The highest BCUT2D eigenvalue weighted by molar-refractivity contribution is 5.56. The maximum Gasteiger partial charge on any atom is 0.210 e. The normalized spacial score (nSPS) is 62.4. The number of fused-ring (bicyclic) bond motifs is 18. The van der Waals surface area contributed by atoms with Crippen LogP contribution < -0.4 is 56.8 Å². The zero-order valence-electron chi connectivity index (χ0n) is 196. The molecule has 12 aliphatic heterocycles. The van der Waals surface area contributed by atoms with Gasteiger partial charge in [-0.1, -0.05) is 89.6 Å². The first kappa shape index (κ1) is 32.2. The Morgan fingerprint density at radius 3 is 0.763 bits per heavy atom. The van der Waals surface area contributed by atoms with Crippen LogP contribution in [-0.2, 0) is 31.9 Å². The van der Waals surface area contributed by atoms with E-state index in [0.717, 1.165) is 56.9 Å². The number of methoxy groups -OCH3 is 12. The van der Waals surface area contributed by atoms with E-state index in [2.05, 4.69) is 5.11 Å². The molecular formula is C115H176N6O18. The molecule has 0 saturated carbocycles. The van der Waals surface area contributed by atoms with E-state index in [4.69, 9.17) is 213 Å². The number of hydrogen-bond acceptors (Lipinski definition) is 24. The predicted octanol–water partition coefficient (Wildman–Crippen LogP) is 18.7. The largest absolute Gasteiger partial charge is 0.493 e. The Balaban J connectivity index is 0.000000243. The van der Waals surface area contributed by atoms with Gasteiger partial charge in [0.1, 0.15) is 0 Å². The third-order valence-electron chi connectivity index (χ3n) is 18.9. The van der Waals surface area contributed by atoms with Crippen molar-refractivity contribution >= 4 is 0 Å². The van der Waals surface area contributed by atoms with Crippen LogP contribution in [0.2, 0.25) is 0 Å². The summed E-state index contributed by atoms with van der Waals surface area (Å²) in [6.45, 7) is -63.2. The van der Waals surface area contributed by atoms with E-state index in [1.54, 1.807) is 0 Å². The van der Waals surface area contributed by atoms with Gasteiger partial charge in [0.2, 0.25) is 1.43 Å². The van der Waals surface area contributed by atoms with E-state index in [9.17, 15) is 33.8 Å². The van der Waals surface area contributed by atoms with Crippen LogP contribution in [0.1, 0.15) is 438 Å². The fourth-order valence-corrected chi connectivity index (χ4v) is 13.0. The second kappa shape index (κ2) is 49.4. The second-order valence-electron chi connectivity index (χ2n) is 29.2. The summed E-state index contributed by atoms with van der Waals surface area (Å²) < 4.78 is 1080. The zero-order valence-corrected chi connectivity index (χ0v) is 76.0. The molecule has 0 spiro atoms. The van der Waals surface area contributed by atoms with E-state index < -0.39 is 631 Å². The fraction of sp³-hybridized carbons (Fsp3) is 0.687. The summed E-state index contributed by atoms with van der Waals surface area (Å²) in [5.41, 5.74) is -15.7. The van der Waals surface area contributed by atoms with Gasteiger partial charge in [0.05, 0.1) is 171 Å². The third-order valence-corrected chi connectivity index (χ3v) is 18.9. The van der Waals surface area contributed by atoms with Crippen LogP contribution in [0.3, 0.4) is 0 Å². The number of benzene rings is 6. The average molecular weight is 2050 g/mol. The molecular weight excluding hydrogens is 1750 g/mol. The topological polar surface area (TPSA) is 252 Å². The molecule has 12 aliphatic rings. The Morgan fingerprint density at radius 2 is 0.518 bits per heavy atom. The summed E-state index contributed by atoms with van der Waals surface area (Å²) in [7, 11) is -6.28. The van der Waals surface area contributed by atoms with E-state index in [-0.39, 0.29) is 4.90 Å². The lowest BCUT2D eigenvalue weighted by atomic mass is 9.77. The second-order valence-corrected chi connectivity index (χ2v) is 29.2. The van der Waals surface area contributed by atoms with Crippen LogP contribution in [-0.4, -0.2) is 261 Å². The van der Waals surface area contributed by atoms with Crippen molar-refractivity contribution < 1.29 is 251 Å². The van der Waals surface area contributed by atoms with E-state index >= 15 is 0 Å². The Morgan fingerprint density at radius 1 is 0.309 bits per heavy atom. The van der Waals surface area contributed by atoms with Gasteiger partial charge < -0.3 is 87.5 Å². The van der Waals surface area contributed by atoms with Crippen LogP contribution in [0.4, 0.5) is 0 Å². The van der Waals surface area contributed by atoms with Gasteiger partial charge in [0.25, 0.3) is 0 Å². The molecule has 24 unspecified atom stereocenters. The smallest absolute Gasteiger partial charge is 0.210 e. The lowest BCUT2D eigenvalue weighted by Gasteiger charge is -2.48. The number of nitrogens with zero attached hydrogens (tertiary/aromatic N) is 6. The minimum absolute atomic E-state index is 0.253. The van der Waals surface area contributed by atoms with Gasteiger partial charge in [0.15, 0.2) is 69.0 Å². The molecule has 24 nitrogen and oxygen atoms in total. The number of hydrogen-bond donors (Lipinski definition) is 6. The van der Waals surface area contributed by atoms with Gasteiger partial charge in [-0.3, -0.25) is 29.4 Å². The minimum Gasteiger partial charge on any atom is -0.493 e. The van der Waals surface area contributed by atoms with Gasteiger partial charge in [-0.2, -0.15) is 0 Å². The third kappa shape index (κ3) is 25.7. The minimum atomic E-state index is -4.70. The van der Waals surface area contributed by atoms with Crippen molar-refractivity contribution in [1.82, 2.24) is 29.4 Å². The van der Waals surface area contributed by atoms with Crippen molar-refractivity contribution in [3.05, 3.63) is 139 Å². The Bertz CT molecular complexity index is 10700. The van der Waals surface area contributed by atoms with Gasteiger partial charge in [-0.05, 0) is 324 Å². The molecule has 18 rings (SSSR count). The van der Waals surface area contributed by atoms with Gasteiger partial charge in [-0.25, -0.2) is 0 Å². The first-order chi connectivity index (χ1) is 113. The molecule has 0 bridgehead atoms. The SMILES string of the molecule is [2H]OC1([2H])C([2H])([2H])C2([2H])c3c([2H])c(OC([2H])([2H])[2H])c(OC)c([2H])c3C([2H])(C)C([2H])([2H])N2C([2H])([2H])C1([2H])C([2H])([2H])C([2H])(C)C([2H])([2H])[2H].[2H]c1c(OC)c(OC([2H])([2H])[2H])c([2H])c2c1C([2H])([2H])C([2H])([2H])N1C([2H])([2H])C([2H])(C([2H])([2H])C([2H])(C)C([2H])([2H])[2H])C([2H])(O)C([2H])([2H])C21[2H].[2H]c1c(OC)c(OC([2H])([2H])[2H])c([2H])c2c1C([2H])([2H])C([2H])([2H])N1C([2H])([2H])C([2H])(C([2H])([2H])C([2H])(C)C([2H])([2H])[2H])C([2H])(O)C([2H])([2H])C21[2H].[2H]c1c(OC)c(OC([2H])([2H])[2H])c([2H])c2c1C([2H])([2H])C([2H])([2H])N1C([2H])([2H])C([2H])(CC(C)C)C([2H])(O)C([2H])([2H])C21[2H].[2H]c1c(OC)c(OC)c([2H])c2c1C([2H])([2H])C([2H])([2H])N1C([2H])([2H])C([2H])(C([2H])([2H])C([2H])(C)C([2H])([2H])[2H])C([2H])(O)C([2H])([2H])C21[2H].[2H]c1c(OC)c(OC)c([2H])c2c1C([2H])([2H])C([2H])([2H])N1C([2H])([2H])C([2H])(C([2H])([2H])C([2H])(C)C([2H])([2H])[2H])C([2H])(O)C([2H])([2H])C21[2H]. The molecule has 6 fully saturated rings. The summed E-state index contributed by atoms with van der Waals surface area (Å²) in [5.74, 6) is -59.1. The summed E-state index contributed by atoms with van der Waals surface area (Å²) in [5, 5.41) is 61.5. The van der Waals surface area contributed by atoms with Crippen molar-refractivity contribution in [3.8, 4) is 69.0 Å². The fourth-order valence-electron chi connectivity index (χ4n) is 13.0. The molecule has 774 valence electrons. The van der Waals surface area contributed by atoms with Crippen LogP contribution in [0.15, 0.2) is 72.5 Å². The maximum atomic E-state index is 11.5. The number of rotatable bonds is 25. The summed E-state index contributed by atoms with van der Waals surface area (Å²) in [6, 6.07) is -38.7. The first-order valence-electron chi connectivity index (χ1n) is 100.0. The lowest BCUT2D eigenvalue weighted by Crippen LogP contribution is -2.49. The number of aliphatic hydroxyl groups is 6. The van der Waals surface area contributed by atoms with Crippen LogP contribution >= 0.6 is 0 Å². The maximum absolute atomic E-state index is 11.5. The molecule has 6 N–H and O–H groups in total. The number of ether oxygens (including phenoxy) is 12. The zero-order chi connectivity index (χ0) is 206. The summed E-state index contributed by atoms with van der Waals surface area (Å²) >= 11 is 0. The van der Waals surface area contributed by atoms with E-state index in [1.165, 1.54) is 13.8 Å². The molecule has 6 aromatic rings. The molecule has 6 saturated heterocycles. The molecule has 0 amide bonds. The molecule has 139 heavy (non-hydrogen) atoms. The van der Waals surface area contributed by atoms with E-state index in [0.29, 0.717) is 41.5 Å². The average Bonchev–Trinajstić information content (AvgIpc) is 0.603. The molecule has 24 heteroatoms. The van der Waals surface area contributed by atoms with Gasteiger partial charge in [0, 0.05) is 228 Å². The predicted molar refractivity (Wildman–Crippen MR) is 552 cm³/mol. The van der Waals surface area contributed by atoms with Gasteiger partial charge in [-0.15, -0.1) is 0 Å². The summed E-state index contributed by atoms with van der Waals surface area (Å²) in [4.78, 5) is -3.40. The van der Waals surface area contributed by atoms with Crippen molar-refractivity contribution in [2.45, 2.75) is 277 Å². The Hall–Kier alpha value is -7.56. The molecule has 0 aliphatic carbocycles. The van der Waals surface area contributed by atoms with Crippen LogP contribution in [0.5, 0.6) is 69.0 Å². The highest BCUT2D eigenvalue weighted by Crippen LogP contribution is 2.53. The van der Waals surface area contributed by atoms with E-state index in [1.807, 2.05) is 0 Å². The Labute approximate surface area is 1000 Å². The van der Waals surface area contributed by atoms with Crippen molar-refractivity contribution in [1.29, 1.82) is 1.43 Å². The molecule has 0 radical (unpaired) electrons. The highest BCUT2D eigenvalue weighted by Gasteiger charge is 2.47. The van der Waals surface area contributed by atoms with Gasteiger partial charge >= 0.3 is 0 Å². The van der Waals surface area contributed by atoms with Crippen molar-refractivity contribution in [3.63, 3.8) is 0 Å². The molecule has 24 atom stereocenters. The molecule has 12 heterocycles. The quantitative estimate of drug-likeness (QED) is 0.0312. The summed E-state index contributed by atoms with van der Waals surface area (Å²) in [6.07, 6.45) is -93.3. The molecule has 6 aromatic carbocycles. The van der Waals surface area contributed by atoms with Crippen LogP contribution in [0.25, 0.3) is 0 Å².